The Morgan fingerprint density at radius 3 is 2.13 bits per heavy atom. The lowest BCUT2D eigenvalue weighted by atomic mass is 9.87. The number of benzene rings is 2. The van der Waals surface area contributed by atoms with Gasteiger partial charge < -0.3 is 10.2 Å². The van der Waals surface area contributed by atoms with Gasteiger partial charge in [0.15, 0.2) is 0 Å². The summed E-state index contributed by atoms with van der Waals surface area (Å²) in [7, 11) is -0.661. The van der Waals surface area contributed by atoms with Crippen LogP contribution in [0.25, 0.3) is 0 Å². The molecular formula is C23H31N3O3S. The molecule has 6 nitrogen and oxygen atoms in total. The quantitative estimate of drug-likeness (QED) is 0.777. The molecule has 162 valence electrons. The van der Waals surface area contributed by atoms with Gasteiger partial charge in [-0.1, -0.05) is 32.9 Å². The molecule has 1 aliphatic heterocycles. The molecule has 2 aromatic carbocycles. The zero-order valence-electron chi connectivity index (χ0n) is 18.4. The van der Waals surface area contributed by atoms with Gasteiger partial charge in [-0.15, -0.1) is 0 Å². The van der Waals surface area contributed by atoms with Gasteiger partial charge in [0.2, 0.25) is 10.0 Å². The Hall–Kier alpha value is -2.38. The number of sulfonamides is 1. The third kappa shape index (κ3) is 4.68. The molecule has 1 heterocycles. The average molecular weight is 430 g/mol. The zero-order valence-corrected chi connectivity index (χ0v) is 19.2. The van der Waals surface area contributed by atoms with Crippen molar-refractivity contribution in [1.29, 1.82) is 0 Å². The molecule has 7 heteroatoms. The number of nitrogens with zero attached hydrogens (tertiary/aromatic N) is 2. The number of carbonyl (C=O) groups is 1. The second-order valence-corrected chi connectivity index (χ2v) is 11.1. The number of rotatable bonds is 5. The molecule has 0 saturated carbocycles. The molecule has 30 heavy (non-hydrogen) atoms. The maximum absolute atomic E-state index is 13.2. The van der Waals surface area contributed by atoms with E-state index in [0.717, 1.165) is 35.9 Å². The number of nitrogens with one attached hydrogen (secondary N) is 1. The maximum atomic E-state index is 13.2. The highest BCUT2D eigenvalue weighted by molar-refractivity contribution is 7.89. The van der Waals surface area contributed by atoms with Gasteiger partial charge >= 0.3 is 0 Å². The van der Waals surface area contributed by atoms with Crippen LogP contribution >= 0.6 is 0 Å². The minimum atomic E-state index is -3.63. The first-order valence-corrected chi connectivity index (χ1v) is 11.7. The van der Waals surface area contributed by atoms with Gasteiger partial charge in [0.1, 0.15) is 0 Å². The molecular weight excluding hydrogens is 398 g/mol. The van der Waals surface area contributed by atoms with E-state index in [0.29, 0.717) is 11.3 Å². The number of anilines is 2. The summed E-state index contributed by atoms with van der Waals surface area (Å²) in [5.74, 6) is -0.309. The molecule has 0 aromatic heterocycles. The predicted octanol–water partition coefficient (Wildman–Crippen LogP) is 4.09. The van der Waals surface area contributed by atoms with Crippen LogP contribution < -0.4 is 10.2 Å². The van der Waals surface area contributed by atoms with Crippen LogP contribution in [0.1, 0.15) is 49.5 Å². The SMILES string of the molecule is CN(C)S(=O)(=O)c1ccc(N2CCCC2)c(C(=O)Nc2ccc(C(C)(C)C)cc2)c1. The lowest BCUT2D eigenvalue weighted by Gasteiger charge is -2.23. The van der Waals surface area contributed by atoms with E-state index < -0.39 is 10.0 Å². The topological polar surface area (TPSA) is 69.7 Å². The molecule has 3 rings (SSSR count). The van der Waals surface area contributed by atoms with Crippen molar-refractivity contribution in [2.24, 2.45) is 0 Å². The van der Waals surface area contributed by atoms with Gasteiger partial charge in [0.25, 0.3) is 5.91 Å². The van der Waals surface area contributed by atoms with Crippen LogP contribution in [0.15, 0.2) is 47.4 Å². The van der Waals surface area contributed by atoms with Crippen LogP contribution in [-0.4, -0.2) is 45.8 Å². The largest absolute Gasteiger partial charge is 0.371 e. The number of hydrogen-bond donors (Lipinski definition) is 1. The molecule has 0 unspecified atom stereocenters. The van der Waals surface area contributed by atoms with E-state index in [9.17, 15) is 13.2 Å². The first-order chi connectivity index (χ1) is 14.0. The molecule has 2 aromatic rings. The summed E-state index contributed by atoms with van der Waals surface area (Å²) in [4.78, 5) is 15.4. The minimum Gasteiger partial charge on any atom is -0.371 e. The lowest BCUT2D eigenvalue weighted by molar-refractivity contribution is 0.102. The van der Waals surface area contributed by atoms with Crippen LogP contribution in [0.4, 0.5) is 11.4 Å². The predicted molar refractivity (Wildman–Crippen MR) is 122 cm³/mol. The van der Waals surface area contributed by atoms with Crippen LogP contribution in [0, 0.1) is 0 Å². The van der Waals surface area contributed by atoms with E-state index in [1.807, 2.05) is 24.3 Å². The van der Waals surface area contributed by atoms with E-state index in [2.05, 4.69) is 31.0 Å². The standard InChI is InChI=1S/C23H31N3O3S/c1-23(2,3)17-8-10-18(11-9-17)24-22(27)20-16-19(30(28,29)25(4)5)12-13-21(20)26-14-6-7-15-26/h8-13,16H,6-7,14-15H2,1-5H3,(H,24,27). The van der Waals surface area contributed by atoms with Crippen molar-refractivity contribution in [3.05, 3.63) is 53.6 Å². The fourth-order valence-corrected chi connectivity index (χ4v) is 4.48. The number of carbonyl (C=O) groups excluding carboxylic acids is 1. The van der Waals surface area contributed by atoms with Gasteiger partial charge in [0.05, 0.1) is 10.5 Å². The van der Waals surface area contributed by atoms with Gasteiger partial charge in [-0.25, -0.2) is 12.7 Å². The Kier molecular flexibility index (Phi) is 6.24. The van der Waals surface area contributed by atoms with E-state index in [1.165, 1.54) is 25.7 Å². The van der Waals surface area contributed by atoms with E-state index in [-0.39, 0.29) is 16.2 Å². The number of amides is 1. The third-order valence-electron chi connectivity index (χ3n) is 5.45. The zero-order chi connectivity index (χ0) is 22.1. The van der Waals surface area contributed by atoms with Crippen molar-refractivity contribution in [3.63, 3.8) is 0 Å². The van der Waals surface area contributed by atoms with Gasteiger partial charge in [-0.2, -0.15) is 0 Å². The molecule has 0 bridgehead atoms. The highest BCUT2D eigenvalue weighted by Crippen LogP contribution is 2.29. The smallest absolute Gasteiger partial charge is 0.257 e. The van der Waals surface area contributed by atoms with Crippen LogP contribution in [0.3, 0.4) is 0 Å². The first-order valence-electron chi connectivity index (χ1n) is 10.2. The molecule has 1 N–H and O–H groups in total. The fourth-order valence-electron chi connectivity index (χ4n) is 3.55. The Labute approximate surface area is 179 Å². The second kappa shape index (κ2) is 8.40. The van der Waals surface area contributed by atoms with E-state index >= 15 is 0 Å². The maximum Gasteiger partial charge on any atom is 0.257 e. The van der Waals surface area contributed by atoms with Crippen LogP contribution in [0.2, 0.25) is 0 Å². The Balaban J connectivity index is 1.96. The fraction of sp³-hybridized carbons (Fsp3) is 0.435. The molecule has 1 saturated heterocycles. The van der Waals surface area contributed by atoms with Crippen molar-refractivity contribution in [3.8, 4) is 0 Å². The molecule has 0 aliphatic carbocycles. The minimum absolute atomic E-state index is 0.0281. The molecule has 0 atom stereocenters. The van der Waals surface area contributed by atoms with Crippen LogP contribution in [-0.2, 0) is 15.4 Å². The molecule has 1 aliphatic rings. The van der Waals surface area contributed by atoms with Crippen molar-refractivity contribution in [2.75, 3.05) is 37.4 Å². The first kappa shape index (κ1) is 22.3. The highest BCUT2D eigenvalue weighted by Gasteiger charge is 2.25. The summed E-state index contributed by atoms with van der Waals surface area (Å²) in [6.45, 7) is 8.14. The Morgan fingerprint density at radius 2 is 1.60 bits per heavy atom. The average Bonchev–Trinajstić information content (AvgIpc) is 3.21. The van der Waals surface area contributed by atoms with Gasteiger partial charge in [-0.05, 0) is 54.2 Å². The van der Waals surface area contributed by atoms with E-state index in [4.69, 9.17) is 0 Å². The highest BCUT2D eigenvalue weighted by atomic mass is 32.2. The monoisotopic (exact) mass is 429 g/mol. The summed E-state index contributed by atoms with van der Waals surface area (Å²) in [5, 5.41) is 2.93. The lowest BCUT2D eigenvalue weighted by Crippen LogP contribution is -2.25. The number of hydrogen-bond acceptors (Lipinski definition) is 4. The van der Waals surface area contributed by atoms with E-state index in [1.54, 1.807) is 12.1 Å². The Bertz CT molecular complexity index is 1020. The van der Waals surface area contributed by atoms with Crippen molar-refractivity contribution >= 4 is 27.3 Å². The summed E-state index contributed by atoms with van der Waals surface area (Å²) < 4.78 is 26.4. The van der Waals surface area contributed by atoms with Crippen molar-refractivity contribution in [1.82, 2.24) is 4.31 Å². The second-order valence-electron chi connectivity index (χ2n) is 8.94. The normalized spacial score (nSPS) is 14.9. The van der Waals surface area contributed by atoms with Crippen LogP contribution in [0.5, 0.6) is 0 Å². The van der Waals surface area contributed by atoms with Gasteiger partial charge in [0, 0.05) is 38.6 Å². The molecule has 0 spiro atoms. The molecule has 1 fully saturated rings. The molecule has 0 radical (unpaired) electrons. The third-order valence-corrected chi connectivity index (χ3v) is 7.26. The summed E-state index contributed by atoms with van der Waals surface area (Å²) in [5.41, 5.74) is 3.03. The van der Waals surface area contributed by atoms with Crippen molar-refractivity contribution in [2.45, 2.75) is 43.9 Å². The van der Waals surface area contributed by atoms with Gasteiger partial charge in [-0.3, -0.25) is 4.79 Å². The summed E-state index contributed by atoms with van der Waals surface area (Å²) in [6.07, 6.45) is 2.13. The Morgan fingerprint density at radius 1 is 1.00 bits per heavy atom. The summed E-state index contributed by atoms with van der Waals surface area (Å²) in [6, 6.07) is 12.6. The van der Waals surface area contributed by atoms with Crippen molar-refractivity contribution < 1.29 is 13.2 Å². The molecule has 1 amide bonds. The summed E-state index contributed by atoms with van der Waals surface area (Å²) >= 11 is 0.